The number of carboxylic acid groups (broad SMARTS) is 1. The summed E-state index contributed by atoms with van der Waals surface area (Å²) in [5.41, 5.74) is 0. The molecule has 21 heavy (non-hydrogen) atoms. The van der Waals surface area contributed by atoms with Crippen molar-refractivity contribution in [3.8, 4) is 0 Å². The van der Waals surface area contributed by atoms with Gasteiger partial charge in [-0.25, -0.2) is 14.8 Å². The van der Waals surface area contributed by atoms with E-state index in [4.69, 9.17) is 9.84 Å². The van der Waals surface area contributed by atoms with E-state index >= 15 is 0 Å². The van der Waals surface area contributed by atoms with Gasteiger partial charge in [-0.2, -0.15) is 0 Å². The Kier molecular flexibility index (Phi) is 4.26. The van der Waals surface area contributed by atoms with Crippen LogP contribution in [0.25, 0.3) is 0 Å². The van der Waals surface area contributed by atoms with Crippen molar-refractivity contribution in [3.63, 3.8) is 0 Å². The highest BCUT2D eigenvalue weighted by molar-refractivity contribution is 8.04. The molecular weight excluding hydrogens is 292 g/mol. The van der Waals surface area contributed by atoms with Gasteiger partial charge in [0.15, 0.2) is 0 Å². The molecule has 7 nitrogen and oxygen atoms in total. The first-order valence-corrected chi connectivity index (χ1v) is 7.72. The molecule has 3 rings (SSSR count). The van der Waals surface area contributed by atoms with Crippen LogP contribution in [0.4, 0.5) is 11.6 Å². The summed E-state index contributed by atoms with van der Waals surface area (Å²) in [6.07, 6.45) is 3.16. The molecule has 0 bridgehead atoms. The number of anilines is 2. The van der Waals surface area contributed by atoms with Crippen molar-refractivity contribution in [3.05, 3.63) is 23.5 Å². The zero-order chi connectivity index (χ0) is 14.7. The highest BCUT2D eigenvalue weighted by Crippen LogP contribution is 2.26. The van der Waals surface area contributed by atoms with E-state index in [1.54, 1.807) is 6.20 Å². The van der Waals surface area contributed by atoms with Gasteiger partial charge in [-0.15, -0.1) is 11.8 Å². The smallest absolute Gasteiger partial charge is 0.343 e. The standard InChI is InChI=1S/C13H16N4O3S/c18-13(19)10-8-17(3-6-21-10)12-7-11(14-9-15-12)16-1-4-20-5-2-16/h7-9H,1-6H2,(H,18,19). The first-order chi connectivity index (χ1) is 10.2. The molecule has 0 atom stereocenters. The molecule has 112 valence electrons. The van der Waals surface area contributed by atoms with Gasteiger partial charge in [0, 0.05) is 37.7 Å². The molecule has 0 aromatic carbocycles. The fourth-order valence-corrected chi connectivity index (χ4v) is 3.09. The molecule has 0 amide bonds. The summed E-state index contributed by atoms with van der Waals surface area (Å²) in [5, 5.41) is 9.09. The molecule has 0 radical (unpaired) electrons. The van der Waals surface area contributed by atoms with Crippen LogP contribution in [-0.4, -0.2) is 59.6 Å². The average Bonchev–Trinajstić information content (AvgIpc) is 2.56. The second kappa shape index (κ2) is 6.31. The van der Waals surface area contributed by atoms with Crippen molar-refractivity contribution in [2.45, 2.75) is 0 Å². The fraction of sp³-hybridized carbons (Fsp3) is 0.462. The predicted molar refractivity (Wildman–Crippen MR) is 80.6 cm³/mol. The summed E-state index contributed by atoms with van der Waals surface area (Å²) in [5.74, 6) is 1.42. The predicted octanol–water partition coefficient (Wildman–Crippen LogP) is 0.792. The molecule has 0 spiro atoms. The van der Waals surface area contributed by atoms with Crippen LogP contribution in [0.1, 0.15) is 0 Å². The van der Waals surface area contributed by atoms with Crippen LogP contribution in [0.3, 0.4) is 0 Å². The van der Waals surface area contributed by atoms with Gasteiger partial charge in [0.1, 0.15) is 22.9 Å². The topological polar surface area (TPSA) is 78.8 Å². The lowest BCUT2D eigenvalue weighted by Crippen LogP contribution is -2.37. The van der Waals surface area contributed by atoms with Gasteiger partial charge in [0.25, 0.3) is 0 Å². The van der Waals surface area contributed by atoms with Gasteiger partial charge < -0.3 is 19.6 Å². The number of nitrogens with zero attached hydrogens (tertiary/aromatic N) is 4. The summed E-state index contributed by atoms with van der Waals surface area (Å²) in [7, 11) is 0. The fourth-order valence-electron chi connectivity index (χ4n) is 2.25. The summed E-state index contributed by atoms with van der Waals surface area (Å²) < 4.78 is 5.34. The van der Waals surface area contributed by atoms with Crippen molar-refractivity contribution in [2.75, 3.05) is 48.4 Å². The van der Waals surface area contributed by atoms with Gasteiger partial charge >= 0.3 is 5.97 Å². The Balaban J connectivity index is 1.82. The SMILES string of the molecule is O=C(O)C1=CN(c2cc(N3CCOCC3)ncn2)CCS1. The van der Waals surface area contributed by atoms with Crippen LogP contribution in [0.2, 0.25) is 0 Å². The van der Waals surface area contributed by atoms with E-state index < -0.39 is 5.97 Å². The van der Waals surface area contributed by atoms with Crippen molar-refractivity contribution in [2.24, 2.45) is 0 Å². The van der Waals surface area contributed by atoms with E-state index in [0.717, 1.165) is 37.0 Å². The third-order valence-electron chi connectivity index (χ3n) is 3.34. The maximum Gasteiger partial charge on any atom is 0.343 e. The van der Waals surface area contributed by atoms with Crippen molar-refractivity contribution >= 4 is 29.4 Å². The lowest BCUT2D eigenvalue weighted by atomic mass is 10.3. The molecule has 1 fully saturated rings. The molecule has 1 aromatic heterocycles. The maximum atomic E-state index is 11.1. The highest BCUT2D eigenvalue weighted by atomic mass is 32.2. The van der Waals surface area contributed by atoms with Crippen LogP contribution in [-0.2, 0) is 9.53 Å². The minimum absolute atomic E-state index is 0.341. The van der Waals surface area contributed by atoms with Crippen molar-refractivity contribution < 1.29 is 14.6 Å². The molecule has 2 aliphatic heterocycles. The lowest BCUT2D eigenvalue weighted by molar-refractivity contribution is -0.131. The Morgan fingerprint density at radius 2 is 2.00 bits per heavy atom. The van der Waals surface area contributed by atoms with Crippen molar-refractivity contribution in [1.82, 2.24) is 9.97 Å². The van der Waals surface area contributed by atoms with E-state index in [1.165, 1.54) is 18.1 Å². The summed E-state index contributed by atoms with van der Waals surface area (Å²) >= 11 is 1.35. The first kappa shape index (κ1) is 14.2. The van der Waals surface area contributed by atoms with Gasteiger partial charge in [-0.1, -0.05) is 0 Å². The minimum Gasteiger partial charge on any atom is -0.477 e. The monoisotopic (exact) mass is 308 g/mol. The second-order valence-electron chi connectivity index (χ2n) is 4.67. The summed E-state index contributed by atoms with van der Waals surface area (Å²) in [6.45, 7) is 3.75. The number of carboxylic acids is 1. The number of aliphatic carboxylic acids is 1. The van der Waals surface area contributed by atoms with Gasteiger partial charge in [0.2, 0.25) is 0 Å². The number of thioether (sulfide) groups is 1. The Morgan fingerprint density at radius 3 is 2.76 bits per heavy atom. The molecule has 8 heteroatoms. The molecule has 0 saturated carbocycles. The Hall–Kier alpha value is -1.80. The molecule has 2 aliphatic rings. The third kappa shape index (κ3) is 3.27. The number of carbonyl (C=O) groups is 1. The number of rotatable bonds is 3. The Labute approximate surface area is 126 Å². The van der Waals surface area contributed by atoms with Gasteiger partial charge in [0.05, 0.1) is 13.2 Å². The highest BCUT2D eigenvalue weighted by Gasteiger charge is 2.19. The van der Waals surface area contributed by atoms with Crippen LogP contribution in [0, 0.1) is 0 Å². The van der Waals surface area contributed by atoms with Crippen molar-refractivity contribution in [1.29, 1.82) is 0 Å². The normalized spacial score (nSPS) is 19.3. The minimum atomic E-state index is -0.896. The van der Waals surface area contributed by atoms with Gasteiger partial charge in [-0.05, 0) is 0 Å². The zero-order valence-corrected chi connectivity index (χ0v) is 12.3. The van der Waals surface area contributed by atoms with Crippen LogP contribution in [0.5, 0.6) is 0 Å². The third-order valence-corrected chi connectivity index (χ3v) is 4.32. The number of morpholine rings is 1. The quantitative estimate of drug-likeness (QED) is 0.878. The first-order valence-electron chi connectivity index (χ1n) is 6.73. The van der Waals surface area contributed by atoms with Crippen LogP contribution in [0.15, 0.2) is 23.5 Å². The molecule has 3 heterocycles. The molecule has 1 aromatic rings. The van der Waals surface area contributed by atoms with Crippen LogP contribution < -0.4 is 9.80 Å². The number of hydrogen-bond donors (Lipinski definition) is 1. The lowest BCUT2D eigenvalue weighted by Gasteiger charge is -2.29. The van der Waals surface area contributed by atoms with E-state index in [-0.39, 0.29) is 0 Å². The zero-order valence-electron chi connectivity index (χ0n) is 11.4. The second-order valence-corrected chi connectivity index (χ2v) is 5.81. The van der Waals surface area contributed by atoms with E-state index in [2.05, 4.69) is 14.9 Å². The summed E-state index contributed by atoms with van der Waals surface area (Å²) in [6, 6.07) is 1.90. The average molecular weight is 308 g/mol. The number of aromatic nitrogens is 2. The number of ether oxygens (including phenoxy) is 1. The Bertz CT molecular complexity index is 560. The van der Waals surface area contributed by atoms with E-state index in [0.29, 0.717) is 18.1 Å². The summed E-state index contributed by atoms with van der Waals surface area (Å²) in [4.78, 5) is 24.0. The molecule has 1 saturated heterocycles. The molecule has 1 N–H and O–H groups in total. The van der Waals surface area contributed by atoms with Gasteiger partial charge in [-0.3, -0.25) is 0 Å². The van der Waals surface area contributed by atoms with Crippen LogP contribution >= 0.6 is 11.8 Å². The largest absolute Gasteiger partial charge is 0.477 e. The van der Waals surface area contributed by atoms with E-state index in [9.17, 15) is 4.79 Å². The molecule has 0 unspecified atom stereocenters. The molecular formula is C13H16N4O3S. The van der Waals surface area contributed by atoms with E-state index in [1.807, 2.05) is 11.0 Å². The number of hydrogen-bond acceptors (Lipinski definition) is 7. The maximum absolute atomic E-state index is 11.1. The Morgan fingerprint density at radius 1 is 1.24 bits per heavy atom. The molecule has 0 aliphatic carbocycles.